The Hall–Kier alpha value is -1.31. The summed E-state index contributed by atoms with van der Waals surface area (Å²) in [5.74, 6) is 0. The number of pyridine rings is 1. The molecule has 1 aromatic rings. The van der Waals surface area contributed by atoms with E-state index in [1.807, 2.05) is 13.0 Å². The van der Waals surface area contributed by atoms with Gasteiger partial charge in [-0.05, 0) is 31.1 Å². The van der Waals surface area contributed by atoms with Gasteiger partial charge in [0.05, 0.1) is 11.4 Å². The van der Waals surface area contributed by atoms with Crippen LogP contribution in [-0.2, 0) is 6.42 Å². The summed E-state index contributed by atoms with van der Waals surface area (Å²) in [5.41, 5.74) is 9.55. The van der Waals surface area contributed by atoms with E-state index in [0.717, 1.165) is 29.1 Å². The molecule has 0 saturated heterocycles. The largest absolute Gasteiger partial charge is 0.397 e. The summed E-state index contributed by atoms with van der Waals surface area (Å²) in [6, 6.07) is 2.02. The number of anilines is 1. The van der Waals surface area contributed by atoms with E-state index < -0.39 is 0 Å². The average Bonchev–Trinajstić information content (AvgIpc) is 2.08. The van der Waals surface area contributed by atoms with Crippen molar-refractivity contribution >= 4 is 11.8 Å². The summed E-state index contributed by atoms with van der Waals surface area (Å²) in [6.45, 7) is 7.71. The molecule has 0 aliphatic rings. The first kappa shape index (κ1) is 8.78. The van der Waals surface area contributed by atoms with Crippen molar-refractivity contribution < 1.29 is 0 Å². The normalized spacial score (nSPS) is 9.83. The highest BCUT2D eigenvalue weighted by molar-refractivity contribution is 5.63. The Morgan fingerprint density at radius 3 is 2.83 bits per heavy atom. The van der Waals surface area contributed by atoms with Crippen molar-refractivity contribution in [2.24, 2.45) is 0 Å². The third-order valence-corrected chi connectivity index (χ3v) is 1.88. The molecule has 2 nitrogen and oxygen atoms in total. The minimum Gasteiger partial charge on any atom is -0.397 e. The summed E-state index contributed by atoms with van der Waals surface area (Å²) in [4.78, 5) is 4.26. The van der Waals surface area contributed by atoms with Gasteiger partial charge in [-0.15, -0.1) is 0 Å². The average molecular weight is 162 g/mol. The Bertz CT molecular complexity index is 303. The van der Waals surface area contributed by atoms with Crippen molar-refractivity contribution in [3.63, 3.8) is 0 Å². The van der Waals surface area contributed by atoms with Gasteiger partial charge in [0.2, 0.25) is 0 Å². The van der Waals surface area contributed by atoms with E-state index in [4.69, 9.17) is 5.73 Å². The second-order valence-electron chi connectivity index (χ2n) is 2.78. The molecule has 0 unspecified atom stereocenters. The zero-order valence-electron chi connectivity index (χ0n) is 7.59. The van der Waals surface area contributed by atoms with Crippen LogP contribution in [0.5, 0.6) is 0 Å². The molecule has 1 aromatic heterocycles. The van der Waals surface area contributed by atoms with Gasteiger partial charge in [0.1, 0.15) is 0 Å². The predicted octanol–water partition coefficient (Wildman–Crippen LogP) is 2.18. The fourth-order valence-corrected chi connectivity index (χ4v) is 1.23. The Balaban J connectivity index is 3.31. The van der Waals surface area contributed by atoms with Crippen LogP contribution in [0.25, 0.3) is 6.08 Å². The van der Waals surface area contributed by atoms with Crippen molar-refractivity contribution in [1.82, 2.24) is 4.98 Å². The maximum Gasteiger partial charge on any atom is 0.0859 e. The molecule has 0 spiro atoms. The number of aromatic nitrogens is 1. The number of rotatable bonds is 2. The van der Waals surface area contributed by atoms with Crippen molar-refractivity contribution in [3.05, 3.63) is 29.6 Å². The van der Waals surface area contributed by atoms with E-state index in [-0.39, 0.29) is 0 Å². The third kappa shape index (κ3) is 1.47. The number of aryl methyl sites for hydroxylation is 2. The molecule has 0 bridgehead atoms. The molecule has 0 atom stereocenters. The summed E-state index contributed by atoms with van der Waals surface area (Å²) in [7, 11) is 0. The molecule has 2 N–H and O–H groups in total. The molecule has 1 rings (SSSR count). The van der Waals surface area contributed by atoms with Gasteiger partial charge in [0, 0.05) is 5.69 Å². The molecule has 2 heteroatoms. The highest BCUT2D eigenvalue weighted by Crippen LogP contribution is 2.18. The maximum atomic E-state index is 5.84. The second kappa shape index (κ2) is 3.39. The van der Waals surface area contributed by atoms with Crippen LogP contribution in [0.15, 0.2) is 12.6 Å². The van der Waals surface area contributed by atoms with Crippen molar-refractivity contribution in [3.8, 4) is 0 Å². The van der Waals surface area contributed by atoms with Gasteiger partial charge in [-0.2, -0.15) is 0 Å². The Kier molecular flexibility index (Phi) is 2.48. The summed E-state index contributed by atoms with van der Waals surface area (Å²) in [5, 5.41) is 0. The summed E-state index contributed by atoms with van der Waals surface area (Å²) in [6.07, 6.45) is 2.64. The Morgan fingerprint density at radius 1 is 1.67 bits per heavy atom. The minimum atomic E-state index is 0.762. The lowest BCUT2D eigenvalue weighted by atomic mass is 10.1. The van der Waals surface area contributed by atoms with Gasteiger partial charge in [0.15, 0.2) is 0 Å². The van der Waals surface area contributed by atoms with Crippen LogP contribution in [0.4, 0.5) is 5.69 Å². The quantitative estimate of drug-likeness (QED) is 0.723. The highest BCUT2D eigenvalue weighted by Gasteiger charge is 2.03. The fourth-order valence-electron chi connectivity index (χ4n) is 1.23. The van der Waals surface area contributed by atoms with Crippen molar-refractivity contribution in [2.45, 2.75) is 20.3 Å². The molecule has 1 heterocycles. The first-order chi connectivity index (χ1) is 5.69. The first-order valence-electron chi connectivity index (χ1n) is 4.07. The van der Waals surface area contributed by atoms with Gasteiger partial charge >= 0.3 is 0 Å². The van der Waals surface area contributed by atoms with Gasteiger partial charge in [0.25, 0.3) is 0 Å². The monoisotopic (exact) mass is 162 g/mol. The van der Waals surface area contributed by atoms with Gasteiger partial charge < -0.3 is 5.73 Å². The lowest BCUT2D eigenvalue weighted by molar-refractivity contribution is 1.09. The number of nitrogens with zero attached hydrogens (tertiary/aromatic N) is 1. The predicted molar refractivity (Wildman–Crippen MR) is 52.9 cm³/mol. The minimum absolute atomic E-state index is 0.762. The van der Waals surface area contributed by atoms with Crippen LogP contribution in [0.1, 0.15) is 23.9 Å². The van der Waals surface area contributed by atoms with E-state index in [0.29, 0.717) is 0 Å². The van der Waals surface area contributed by atoms with Crippen LogP contribution >= 0.6 is 0 Å². The highest BCUT2D eigenvalue weighted by atomic mass is 14.7. The second-order valence-corrected chi connectivity index (χ2v) is 2.78. The molecule has 64 valence electrons. The lowest BCUT2D eigenvalue weighted by Crippen LogP contribution is -2.00. The van der Waals surface area contributed by atoms with Gasteiger partial charge in [-0.25, -0.2) is 0 Å². The van der Waals surface area contributed by atoms with E-state index in [1.54, 1.807) is 6.08 Å². The van der Waals surface area contributed by atoms with Crippen LogP contribution in [0, 0.1) is 6.92 Å². The Labute approximate surface area is 73.1 Å². The number of nitrogen functional groups attached to an aromatic ring is 1. The van der Waals surface area contributed by atoms with Crippen LogP contribution in [-0.4, -0.2) is 4.98 Å². The van der Waals surface area contributed by atoms with E-state index in [2.05, 4.69) is 18.5 Å². The number of hydrogen-bond acceptors (Lipinski definition) is 2. The zero-order chi connectivity index (χ0) is 9.14. The molecule has 0 saturated carbocycles. The smallest absolute Gasteiger partial charge is 0.0859 e. The van der Waals surface area contributed by atoms with Crippen LogP contribution < -0.4 is 5.73 Å². The Morgan fingerprint density at radius 2 is 2.33 bits per heavy atom. The standard InChI is InChI=1S/C10H14N2/c1-4-8-6-7(3)12-9(5-2)10(8)11/h5-6H,2,4,11H2,1,3H3. The summed E-state index contributed by atoms with van der Waals surface area (Å²) < 4.78 is 0. The molecular formula is C10H14N2. The van der Waals surface area contributed by atoms with E-state index in [9.17, 15) is 0 Å². The molecule has 0 fully saturated rings. The number of hydrogen-bond donors (Lipinski definition) is 1. The number of nitrogens with two attached hydrogens (primary N) is 1. The maximum absolute atomic E-state index is 5.84. The fraction of sp³-hybridized carbons (Fsp3) is 0.300. The topological polar surface area (TPSA) is 38.9 Å². The molecule has 0 aromatic carbocycles. The molecule has 0 amide bonds. The van der Waals surface area contributed by atoms with Gasteiger partial charge in [-0.1, -0.05) is 13.5 Å². The lowest BCUT2D eigenvalue weighted by Gasteiger charge is -2.06. The third-order valence-electron chi connectivity index (χ3n) is 1.88. The van der Waals surface area contributed by atoms with Crippen molar-refractivity contribution in [1.29, 1.82) is 0 Å². The van der Waals surface area contributed by atoms with Gasteiger partial charge in [-0.3, -0.25) is 4.98 Å². The molecule has 0 radical (unpaired) electrons. The summed E-state index contributed by atoms with van der Waals surface area (Å²) >= 11 is 0. The van der Waals surface area contributed by atoms with Crippen LogP contribution in [0.2, 0.25) is 0 Å². The molecule has 0 aliphatic heterocycles. The molecule has 0 aliphatic carbocycles. The van der Waals surface area contributed by atoms with Crippen LogP contribution in [0.3, 0.4) is 0 Å². The SMILES string of the molecule is C=Cc1nc(C)cc(CC)c1N. The zero-order valence-corrected chi connectivity index (χ0v) is 7.59. The van der Waals surface area contributed by atoms with E-state index in [1.165, 1.54) is 0 Å². The van der Waals surface area contributed by atoms with E-state index >= 15 is 0 Å². The van der Waals surface area contributed by atoms with Crippen molar-refractivity contribution in [2.75, 3.05) is 5.73 Å². The first-order valence-corrected chi connectivity index (χ1v) is 4.07. The molecular weight excluding hydrogens is 148 g/mol. The molecule has 12 heavy (non-hydrogen) atoms.